The Morgan fingerprint density at radius 3 is 1.05 bits per heavy atom. The third kappa shape index (κ3) is 9.27. The van der Waals surface area contributed by atoms with Crippen molar-refractivity contribution in [3.05, 3.63) is 338 Å². The molecular weight excluding hydrogens is 1150 g/mol. The minimum atomic E-state index is -0.0287. The summed E-state index contributed by atoms with van der Waals surface area (Å²) in [5.41, 5.74) is 25.4. The molecule has 0 saturated carbocycles. The molecule has 2 aromatic heterocycles. The number of rotatable bonds is 9. The summed E-state index contributed by atoms with van der Waals surface area (Å²) in [6.45, 7) is 9.46. The lowest BCUT2D eigenvalue weighted by molar-refractivity contribution is 0.661. The van der Waals surface area contributed by atoms with Gasteiger partial charge < -0.3 is 9.80 Å². The van der Waals surface area contributed by atoms with E-state index < -0.39 is 0 Å². The van der Waals surface area contributed by atoms with E-state index in [0.29, 0.717) is 0 Å². The molecule has 14 aromatic carbocycles. The highest BCUT2D eigenvalue weighted by Gasteiger charge is 2.37. The van der Waals surface area contributed by atoms with Crippen LogP contribution in [-0.4, -0.2) is 0 Å². The van der Waals surface area contributed by atoms with Gasteiger partial charge in [0.1, 0.15) is 0 Å². The molecule has 0 spiro atoms. The third-order valence-corrected chi connectivity index (χ3v) is 21.9. The normalized spacial score (nSPS) is 13.2. The summed E-state index contributed by atoms with van der Waals surface area (Å²) in [6.07, 6.45) is 0. The fraction of sp³-hybridized carbons (Fsp3) is 0.0682. The molecule has 0 amide bonds. The van der Waals surface area contributed by atoms with Crippen LogP contribution in [0.15, 0.2) is 315 Å². The molecule has 0 saturated heterocycles. The lowest BCUT2D eigenvalue weighted by atomic mass is 9.82. The van der Waals surface area contributed by atoms with E-state index in [-0.39, 0.29) is 10.8 Å². The minimum absolute atomic E-state index is 0.0190. The van der Waals surface area contributed by atoms with Crippen LogP contribution in [0.3, 0.4) is 0 Å². The Kier molecular flexibility index (Phi) is 13.3. The highest BCUT2D eigenvalue weighted by atomic mass is 32.1. The van der Waals surface area contributed by atoms with Gasteiger partial charge >= 0.3 is 0 Å². The van der Waals surface area contributed by atoms with Gasteiger partial charge in [0.2, 0.25) is 0 Å². The molecule has 16 aromatic rings. The summed E-state index contributed by atoms with van der Waals surface area (Å²) in [4.78, 5) is 4.84. The Hall–Kier alpha value is -10.6. The zero-order valence-corrected chi connectivity index (χ0v) is 53.4. The molecule has 2 aliphatic carbocycles. The molecule has 92 heavy (non-hydrogen) atoms. The molecule has 0 fully saturated rings. The Labute approximate surface area is 545 Å². The van der Waals surface area contributed by atoms with Gasteiger partial charge in [-0.1, -0.05) is 252 Å². The van der Waals surface area contributed by atoms with Crippen LogP contribution in [0.5, 0.6) is 0 Å². The van der Waals surface area contributed by atoms with Crippen LogP contribution in [0.2, 0.25) is 0 Å². The van der Waals surface area contributed by atoms with Gasteiger partial charge in [-0.3, -0.25) is 0 Å². The number of fused-ring (bicyclic) bond motifs is 13. The van der Waals surface area contributed by atoms with E-state index >= 15 is 0 Å². The van der Waals surface area contributed by atoms with Gasteiger partial charge in [-0.25, -0.2) is 0 Å². The van der Waals surface area contributed by atoms with Gasteiger partial charge in [0.05, 0.1) is 20.8 Å². The summed E-state index contributed by atoms with van der Waals surface area (Å²) in [5.74, 6) is 0. The zero-order chi connectivity index (χ0) is 61.7. The molecule has 0 bridgehead atoms. The van der Waals surface area contributed by atoms with Crippen LogP contribution in [0, 0.1) is 0 Å². The zero-order valence-electron chi connectivity index (χ0n) is 51.7. The summed E-state index contributed by atoms with van der Waals surface area (Å²) in [6, 6.07) is 116. The van der Waals surface area contributed by atoms with E-state index in [0.717, 1.165) is 22.7 Å². The van der Waals surface area contributed by atoms with E-state index in [1.807, 2.05) is 22.7 Å². The Bertz CT molecular complexity index is 5410. The van der Waals surface area contributed by atoms with Crippen molar-refractivity contribution < 1.29 is 0 Å². The largest absolute Gasteiger partial charge is 0.309 e. The van der Waals surface area contributed by atoms with Gasteiger partial charge in [-0.05, 0) is 180 Å². The van der Waals surface area contributed by atoms with E-state index in [9.17, 15) is 0 Å². The van der Waals surface area contributed by atoms with Gasteiger partial charge in [0.25, 0.3) is 0 Å². The Morgan fingerprint density at radius 1 is 0.239 bits per heavy atom. The molecule has 0 atom stereocenters. The first kappa shape index (κ1) is 55.4. The summed E-state index contributed by atoms with van der Waals surface area (Å²) in [5, 5.41) is 7.84. The Morgan fingerprint density at radius 2 is 0.598 bits per heavy atom. The summed E-state index contributed by atoms with van der Waals surface area (Å²) in [7, 11) is 0. The monoisotopic (exact) mass is 1210 g/mol. The second-order valence-corrected chi connectivity index (χ2v) is 27.7. The summed E-state index contributed by atoms with van der Waals surface area (Å²) < 4.78 is 5.28. The topological polar surface area (TPSA) is 6.48 Å². The molecule has 0 aliphatic heterocycles. The number of hydrogen-bond acceptors (Lipinski definition) is 4. The number of thiophene rings is 2. The number of nitrogens with zero attached hydrogens (tertiary/aromatic N) is 2. The van der Waals surface area contributed by atoms with E-state index in [2.05, 4.69) is 353 Å². The molecule has 4 heteroatoms. The number of hydrogen-bond donors (Lipinski definition) is 0. The minimum Gasteiger partial charge on any atom is -0.309 e. The van der Waals surface area contributed by atoms with E-state index in [1.165, 1.54) is 140 Å². The molecule has 2 heterocycles. The number of para-hydroxylation sites is 1. The van der Waals surface area contributed by atoms with Crippen LogP contribution in [0.25, 0.3) is 107 Å². The average molecular weight is 1210 g/mol. The average Bonchev–Trinajstić information content (AvgIpc) is 1.57. The molecular formula is C88H64N2S2. The third-order valence-electron chi connectivity index (χ3n) is 19.5. The maximum atomic E-state index is 2.47. The second kappa shape index (κ2) is 22.1. The molecule has 0 radical (unpaired) electrons. The van der Waals surface area contributed by atoms with Crippen LogP contribution in [0.1, 0.15) is 49.9 Å². The quantitative estimate of drug-likeness (QED) is 0.142. The van der Waals surface area contributed by atoms with Crippen molar-refractivity contribution in [2.24, 2.45) is 0 Å². The van der Waals surface area contributed by atoms with Crippen molar-refractivity contribution >= 4 is 108 Å². The fourth-order valence-electron chi connectivity index (χ4n) is 14.8. The molecule has 2 aliphatic rings. The molecule has 438 valence electrons. The lowest BCUT2D eigenvalue weighted by Gasteiger charge is -2.26. The maximum Gasteiger partial charge on any atom is 0.0640 e. The van der Waals surface area contributed by atoms with Crippen LogP contribution < -0.4 is 9.80 Å². The number of anilines is 6. The second-order valence-electron chi connectivity index (χ2n) is 25.6. The molecule has 0 N–H and O–H groups in total. The van der Waals surface area contributed by atoms with Crippen LogP contribution in [0.4, 0.5) is 34.1 Å². The predicted molar refractivity (Wildman–Crippen MR) is 397 cm³/mol. The van der Waals surface area contributed by atoms with Crippen molar-refractivity contribution in [3.63, 3.8) is 0 Å². The maximum absolute atomic E-state index is 2.47. The first-order valence-corrected chi connectivity index (χ1v) is 33.5. The van der Waals surface area contributed by atoms with Crippen molar-refractivity contribution in [3.8, 4) is 55.6 Å². The highest BCUT2D eigenvalue weighted by molar-refractivity contribution is 7.27. The van der Waals surface area contributed by atoms with Crippen molar-refractivity contribution in [2.75, 3.05) is 9.80 Å². The lowest BCUT2D eigenvalue weighted by Crippen LogP contribution is -2.14. The molecule has 0 unspecified atom stereocenters. The van der Waals surface area contributed by atoms with Gasteiger partial charge in [0.15, 0.2) is 0 Å². The van der Waals surface area contributed by atoms with Crippen molar-refractivity contribution in [1.29, 1.82) is 0 Å². The number of benzene rings is 14. The first-order chi connectivity index (χ1) is 45.1. The fourth-order valence-corrected chi connectivity index (χ4v) is 17.2. The van der Waals surface area contributed by atoms with E-state index in [1.54, 1.807) is 0 Å². The van der Waals surface area contributed by atoms with Gasteiger partial charge in [-0.2, -0.15) is 0 Å². The Balaban J connectivity index is 0.000000141. The first-order valence-electron chi connectivity index (χ1n) is 31.9. The van der Waals surface area contributed by atoms with Crippen molar-refractivity contribution in [2.45, 2.75) is 38.5 Å². The van der Waals surface area contributed by atoms with E-state index in [4.69, 9.17) is 0 Å². The van der Waals surface area contributed by atoms with Crippen LogP contribution in [-0.2, 0) is 10.8 Å². The SMILES string of the molecule is CC1(C)c2ccccc2-c2cc3sc4c(N(c5ccc(-c6ccccc6)cc5)c5ccc(-c6ccccc6)cc5)cccc4c3cc21.CC1(C)c2ccccc2-c2cc3sc4c(N(c5ccccc5)c5ccc(-c6ccc7ccccc7c6)cc5)cccc4c3cc21. The smallest absolute Gasteiger partial charge is 0.0640 e. The van der Waals surface area contributed by atoms with Crippen molar-refractivity contribution in [1.82, 2.24) is 0 Å². The predicted octanol–water partition coefficient (Wildman–Crippen LogP) is 25.8. The summed E-state index contributed by atoms with van der Waals surface area (Å²) >= 11 is 3.81. The molecule has 18 rings (SSSR count). The van der Waals surface area contributed by atoms with Gasteiger partial charge in [0, 0.05) is 64.5 Å². The molecule has 2 nitrogen and oxygen atoms in total. The van der Waals surface area contributed by atoms with Gasteiger partial charge in [-0.15, -0.1) is 22.7 Å². The van der Waals surface area contributed by atoms with Crippen LogP contribution >= 0.6 is 22.7 Å². The highest BCUT2D eigenvalue weighted by Crippen LogP contribution is 2.55. The standard InChI is InChI=1S/C45H33NS.C43H31NS/c1-45(2)40-18-10-9-16-36(40)38-29-43-39(28-41(38)45)37-17-11-19-42(44(37)47-43)46(34-24-20-32(21-25-34)30-12-5-3-6-13-30)35-26-22-33(23-27-35)31-14-7-4-8-15-31;1-43(2)38-17-9-8-15-34(38)36-27-41-37(26-39(36)43)35-16-10-18-40(42(35)45-41)44(32-13-4-3-5-14-32)33-23-21-29(22-24-33)31-20-19-28-11-6-7-12-30(28)25-31/h3-29H,1-2H3;3-27H,1-2H3.